The second-order valence-electron chi connectivity index (χ2n) is 4.68. The van der Waals surface area contributed by atoms with Crippen molar-refractivity contribution in [3.05, 3.63) is 70.7 Å². The largest absolute Gasteiger partial charge is 0.285 e. The van der Waals surface area contributed by atoms with Gasteiger partial charge in [-0.25, -0.2) is 0 Å². The van der Waals surface area contributed by atoms with Crippen LogP contribution in [-0.2, 0) is 4.79 Å². The molecule has 0 aliphatic carbocycles. The van der Waals surface area contributed by atoms with Gasteiger partial charge in [0.2, 0.25) is 5.91 Å². The molecular formula is C16H12ClNOS2. The second kappa shape index (κ2) is 6.18. The average Bonchev–Trinajstić information content (AvgIpc) is 2.83. The maximum absolute atomic E-state index is 12.2. The van der Waals surface area contributed by atoms with Crippen molar-refractivity contribution in [2.75, 3.05) is 5.75 Å². The summed E-state index contributed by atoms with van der Waals surface area (Å²) in [6, 6.07) is 17.3. The van der Waals surface area contributed by atoms with E-state index in [-0.39, 0.29) is 11.9 Å². The number of amides is 1. The molecule has 0 spiro atoms. The number of nitrogens with zero attached hydrogens (tertiary/aromatic N) is 1. The van der Waals surface area contributed by atoms with Gasteiger partial charge in [0.05, 0.1) is 11.8 Å². The molecule has 1 saturated heterocycles. The van der Waals surface area contributed by atoms with E-state index in [9.17, 15) is 4.79 Å². The molecule has 3 rings (SSSR count). The Hall–Kier alpha value is -1.36. The minimum Gasteiger partial charge on any atom is -0.285 e. The van der Waals surface area contributed by atoms with Crippen LogP contribution in [0.4, 0.5) is 0 Å². The van der Waals surface area contributed by atoms with Crippen molar-refractivity contribution in [3.8, 4) is 0 Å². The minimum absolute atomic E-state index is 0.0498. The number of halogens is 1. The monoisotopic (exact) mass is 333 g/mol. The molecule has 1 amide bonds. The summed E-state index contributed by atoms with van der Waals surface area (Å²) in [5.41, 5.74) is 2.04. The number of carbonyl (C=O) groups is 1. The van der Waals surface area contributed by atoms with Gasteiger partial charge in [0.25, 0.3) is 0 Å². The number of thiocarbonyl (C=S) groups is 1. The highest BCUT2D eigenvalue weighted by Crippen LogP contribution is 2.35. The Bertz CT molecular complexity index is 656. The van der Waals surface area contributed by atoms with Gasteiger partial charge in [-0.05, 0) is 23.3 Å². The number of hydrogen-bond acceptors (Lipinski definition) is 3. The first-order valence-electron chi connectivity index (χ1n) is 6.46. The fraction of sp³-hybridized carbons (Fsp3) is 0.125. The summed E-state index contributed by atoms with van der Waals surface area (Å²) in [7, 11) is 0. The average molecular weight is 334 g/mol. The molecule has 1 aliphatic rings. The van der Waals surface area contributed by atoms with E-state index in [2.05, 4.69) is 0 Å². The fourth-order valence-corrected chi connectivity index (χ4v) is 3.63. The summed E-state index contributed by atoms with van der Waals surface area (Å²) in [6.07, 6.45) is 0. The molecule has 21 heavy (non-hydrogen) atoms. The summed E-state index contributed by atoms with van der Waals surface area (Å²) in [4.78, 5) is 13.9. The lowest BCUT2D eigenvalue weighted by molar-refractivity contribution is -0.125. The summed E-state index contributed by atoms with van der Waals surface area (Å²) >= 11 is 12.7. The minimum atomic E-state index is -0.196. The number of rotatable bonds is 3. The summed E-state index contributed by atoms with van der Waals surface area (Å²) in [5.74, 6) is 0.462. The molecule has 0 radical (unpaired) electrons. The first-order valence-corrected chi connectivity index (χ1v) is 8.23. The molecule has 0 bridgehead atoms. The van der Waals surface area contributed by atoms with Crippen molar-refractivity contribution in [1.82, 2.24) is 4.90 Å². The maximum Gasteiger partial charge on any atom is 0.239 e. The molecule has 2 aromatic carbocycles. The van der Waals surface area contributed by atoms with Gasteiger partial charge in [-0.15, -0.1) is 0 Å². The molecule has 1 fully saturated rings. The molecule has 0 saturated carbocycles. The molecule has 1 atom stereocenters. The zero-order valence-electron chi connectivity index (χ0n) is 11.0. The van der Waals surface area contributed by atoms with Crippen molar-refractivity contribution in [1.29, 1.82) is 0 Å². The van der Waals surface area contributed by atoms with Crippen LogP contribution in [0.2, 0.25) is 5.02 Å². The van der Waals surface area contributed by atoms with E-state index in [1.54, 1.807) is 4.90 Å². The molecular weight excluding hydrogens is 322 g/mol. The van der Waals surface area contributed by atoms with Gasteiger partial charge in [-0.3, -0.25) is 9.69 Å². The normalized spacial score (nSPS) is 16.3. The molecule has 106 valence electrons. The second-order valence-corrected chi connectivity index (χ2v) is 6.73. The molecule has 1 heterocycles. The predicted molar refractivity (Wildman–Crippen MR) is 91.6 cm³/mol. The Balaban J connectivity index is 2.09. The predicted octanol–water partition coefficient (Wildman–Crippen LogP) is 4.29. The van der Waals surface area contributed by atoms with Crippen LogP contribution in [0.25, 0.3) is 0 Å². The molecule has 0 aromatic heterocycles. The van der Waals surface area contributed by atoms with E-state index in [0.29, 0.717) is 15.1 Å². The quantitative estimate of drug-likeness (QED) is 0.781. The fourth-order valence-electron chi connectivity index (χ4n) is 2.38. The van der Waals surface area contributed by atoms with Gasteiger partial charge in [-0.2, -0.15) is 0 Å². The van der Waals surface area contributed by atoms with Crippen LogP contribution in [-0.4, -0.2) is 20.9 Å². The molecule has 1 aliphatic heterocycles. The Morgan fingerprint density at radius 1 is 1.05 bits per heavy atom. The maximum atomic E-state index is 12.2. The lowest BCUT2D eigenvalue weighted by atomic mass is 9.97. The van der Waals surface area contributed by atoms with Crippen molar-refractivity contribution >= 4 is 45.8 Å². The Morgan fingerprint density at radius 2 is 1.67 bits per heavy atom. The lowest BCUT2D eigenvalue weighted by Gasteiger charge is -2.28. The van der Waals surface area contributed by atoms with Gasteiger partial charge in [-0.1, -0.05) is 78.0 Å². The highest BCUT2D eigenvalue weighted by atomic mass is 35.5. The highest BCUT2D eigenvalue weighted by molar-refractivity contribution is 8.23. The van der Waals surface area contributed by atoms with Crippen LogP contribution in [0.3, 0.4) is 0 Å². The van der Waals surface area contributed by atoms with E-state index in [4.69, 9.17) is 23.8 Å². The van der Waals surface area contributed by atoms with Gasteiger partial charge < -0.3 is 0 Å². The van der Waals surface area contributed by atoms with E-state index in [1.165, 1.54) is 11.8 Å². The molecule has 2 nitrogen and oxygen atoms in total. The van der Waals surface area contributed by atoms with Crippen molar-refractivity contribution in [3.63, 3.8) is 0 Å². The van der Waals surface area contributed by atoms with E-state index in [0.717, 1.165) is 11.1 Å². The zero-order valence-corrected chi connectivity index (χ0v) is 13.4. The summed E-state index contributed by atoms with van der Waals surface area (Å²) in [5, 5.41) is 0.676. The first kappa shape index (κ1) is 14.6. The standard InChI is InChI=1S/C16H12ClNOS2/c17-13-8-6-12(7-9-13)15(11-4-2-1-3-5-11)18-14(19)10-21-16(18)20/h1-9,15H,10H2. The van der Waals surface area contributed by atoms with Crippen LogP contribution in [0.15, 0.2) is 54.6 Å². The van der Waals surface area contributed by atoms with Crippen molar-refractivity contribution < 1.29 is 4.79 Å². The topological polar surface area (TPSA) is 20.3 Å². The number of carbonyl (C=O) groups excluding carboxylic acids is 1. The van der Waals surface area contributed by atoms with Gasteiger partial charge in [0.15, 0.2) is 0 Å². The van der Waals surface area contributed by atoms with E-state index >= 15 is 0 Å². The smallest absolute Gasteiger partial charge is 0.239 e. The first-order chi connectivity index (χ1) is 10.2. The van der Waals surface area contributed by atoms with Crippen molar-refractivity contribution in [2.24, 2.45) is 0 Å². The third-order valence-corrected chi connectivity index (χ3v) is 4.98. The number of thioether (sulfide) groups is 1. The van der Waals surface area contributed by atoms with Gasteiger partial charge in [0, 0.05) is 5.02 Å². The van der Waals surface area contributed by atoms with Gasteiger partial charge in [0.1, 0.15) is 4.32 Å². The van der Waals surface area contributed by atoms with Crippen LogP contribution in [0.1, 0.15) is 17.2 Å². The summed E-state index contributed by atoms with van der Waals surface area (Å²) in [6.45, 7) is 0. The van der Waals surface area contributed by atoms with Crippen LogP contribution >= 0.6 is 35.6 Å². The van der Waals surface area contributed by atoms with Gasteiger partial charge >= 0.3 is 0 Å². The number of hydrogen-bond donors (Lipinski definition) is 0. The molecule has 5 heteroatoms. The van der Waals surface area contributed by atoms with E-state index < -0.39 is 0 Å². The Morgan fingerprint density at radius 3 is 2.24 bits per heavy atom. The Kier molecular flexibility index (Phi) is 4.29. The lowest BCUT2D eigenvalue weighted by Crippen LogP contribution is -2.33. The summed E-state index contributed by atoms with van der Waals surface area (Å²) < 4.78 is 0.629. The van der Waals surface area contributed by atoms with Crippen molar-refractivity contribution in [2.45, 2.75) is 6.04 Å². The van der Waals surface area contributed by atoms with Crippen LogP contribution in [0, 0.1) is 0 Å². The third kappa shape index (κ3) is 2.98. The highest BCUT2D eigenvalue weighted by Gasteiger charge is 2.34. The SMILES string of the molecule is O=C1CSC(=S)N1C(c1ccccc1)c1ccc(Cl)cc1. The number of benzene rings is 2. The van der Waals surface area contributed by atoms with Crippen LogP contribution < -0.4 is 0 Å². The molecule has 2 aromatic rings. The van der Waals surface area contributed by atoms with Crippen LogP contribution in [0.5, 0.6) is 0 Å². The molecule has 0 N–H and O–H groups in total. The zero-order chi connectivity index (χ0) is 14.8. The Labute approximate surface area is 138 Å². The molecule has 1 unspecified atom stereocenters. The third-order valence-electron chi connectivity index (χ3n) is 3.34. The van der Waals surface area contributed by atoms with E-state index in [1.807, 2.05) is 54.6 Å².